The van der Waals surface area contributed by atoms with Gasteiger partial charge in [0.05, 0.1) is 7.11 Å². The minimum atomic E-state index is -0.0597. The first-order valence-corrected chi connectivity index (χ1v) is 7.84. The van der Waals surface area contributed by atoms with Gasteiger partial charge in [0.2, 0.25) is 5.91 Å². The number of carbonyl (C=O) groups excluding carboxylic acids is 1. The fourth-order valence-corrected chi connectivity index (χ4v) is 2.04. The molecule has 0 spiro atoms. The third-order valence-corrected chi connectivity index (χ3v) is 3.45. The zero-order valence-electron chi connectivity index (χ0n) is 15.6. The molecular weight excluding hydrogens is 365 g/mol. The normalized spacial score (nSPS) is 11.1. The number of nitrogens with zero attached hydrogens (tertiary/aromatic N) is 1. The lowest BCUT2D eigenvalue weighted by Gasteiger charge is -2.15. The van der Waals surface area contributed by atoms with Gasteiger partial charge in [-0.3, -0.25) is 4.79 Å². The largest absolute Gasteiger partial charge is 0.493 e. The number of hydrogen-bond donors (Lipinski definition) is 2. The van der Waals surface area contributed by atoms with Crippen LogP contribution in [0.25, 0.3) is 0 Å². The molecule has 1 aromatic rings. The van der Waals surface area contributed by atoms with Gasteiger partial charge in [0.25, 0.3) is 0 Å². The van der Waals surface area contributed by atoms with Crippen LogP contribution in [0.3, 0.4) is 0 Å². The lowest BCUT2D eigenvalue weighted by Crippen LogP contribution is -2.33. The molecule has 146 valence electrons. The van der Waals surface area contributed by atoms with Crippen LogP contribution >= 0.6 is 24.8 Å². The van der Waals surface area contributed by atoms with Crippen LogP contribution < -0.4 is 20.1 Å². The molecule has 0 aliphatic heterocycles. The number of likely N-dealkylation sites (N-methyl/N-ethyl adjacent to an activating group) is 1. The van der Waals surface area contributed by atoms with Crippen LogP contribution in [0.1, 0.15) is 12.5 Å². The molecule has 6 nitrogen and oxygen atoms in total. The summed E-state index contributed by atoms with van der Waals surface area (Å²) in [6.45, 7) is 4.47. The fourth-order valence-electron chi connectivity index (χ4n) is 2.04. The van der Waals surface area contributed by atoms with E-state index in [2.05, 4.69) is 15.5 Å². The molecule has 0 radical (unpaired) electrons. The van der Waals surface area contributed by atoms with Crippen molar-refractivity contribution in [3.8, 4) is 11.5 Å². The summed E-state index contributed by atoms with van der Waals surface area (Å²) in [7, 11) is 7.46. The second-order valence-corrected chi connectivity index (χ2v) is 5.81. The Morgan fingerprint density at radius 3 is 2.48 bits per heavy atom. The van der Waals surface area contributed by atoms with Crippen LogP contribution in [0.4, 0.5) is 0 Å². The predicted molar refractivity (Wildman–Crippen MR) is 106 cm³/mol. The second-order valence-electron chi connectivity index (χ2n) is 5.81. The van der Waals surface area contributed by atoms with Crippen molar-refractivity contribution < 1.29 is 14.3 Å². The van der Waals surface area contributed by atoms with E-state index < -0.39 is 0 Å². The minimum absolute atomic E-state index is 0. The van der Waals surface area contributed by atoms with Crippen LogP contribution in [-0.2, 0) is 11.3 Å². The van der Waals surface area contributed by atoms with Crippen molar-refractivity contribution in [3.63, 3.8) is 0 Å². The number of benzene rings is 1. The van der Waals surface area contributed by atoms with E-state index >= 15 is 0 Å². The Morgan fingerprint density at radius 2 is 1.92 bits per heavy atom. The van der Waals surface area contributed by atoms with Gasteiger partial charge in [0.1, 0.15) is 6.61 Å². The first-order valence-electron chi connectivity index (χ1n) is 7.84. The van der Waals surface area contributed by atoms with Gasteiger partial charge in [-0.25, -0.2) is 0 Å². The molecule has 0 saturated carbocycles. The van der Waals surface area contributed by atoms with Gasteiger partial charge in [-0.2, -0.15) is 0 Å². The van der Waals surface area contributed by atoms with E-state index in [1.54, 1.807) is 7.11 Å². The van der Waals surface area contributed by atoms with E-state index in [1.165, 1.54) is 0 Å². The molecule has 2 N–H and O–H groups in total. The molecule has 0 heterocycles. The zero-order chi connectivity index (χ0) is 17.2. The Kier molecular flexibility index (Phi) is 14.6. The van der Waals surface area contributed by atoms with Gasteiger partial charge in [-0.15, -0.1) is 24.8 Å². The summed E-state index contributed by atoms with van der Waals surface area (Å²) in [6, 6.07) is 5.72. The maximum Gasteiger partial charge on any atom is 0.224 e. The van der Waals surface area contributed by atoms with Gasteiger partial charge in [0.15, 0.2) is 11.5 Å². The minimum Gasteiger partial charge on any atom is -0.493 e. The highest BCUT2D eigenvalue weighted by atomic mass is 35.5. The van der Waals surface area contributed by atoms with Crippen molar-refractivity contribution in [1.29, 1.82) is 0 Å². The Labute approximate surface area is 163 Å². The Bertz CT molecular complexity index is 502. The number of halogens is 2. The van der Waals surface area contributed by atoms with E-state index in [0.29, 0.717) is 31.2 Å². The molecule has 1 rings (SSSR count). The van der Waals surface area contributed by atoms with Crippen molar-refractivity contribution in [1.82, 2.24) is 15.5 Å². The monoisotopic (exact) mass is 395 g/mol. The summed E-state index contributed by atoms with van der Waals surface area (Å²) in [6.07, 6.45) is 0. The number of nitrogens with one attached hydrogen (secondary N) is 2. The summed E-state index contributed by atoms with van der Waals surface area (Å²) < 4.78 is 11.1. The molecule has 8 heteroatoms. The van der Waals surface area contributed by atoms with Crippen LogP contribution in [0, 0.1) is 5.92 Å². The Morgan fingerprint density at radius 1 is 1.24 bits per heavy atom. The van der Waals surface area contributed by atoms with Gasteiger partial charge in [0, 0.05) is 25.6 Å². The average molecular weight is 396 g/mol. The maximum absolute atomic E-state index is 11.9. The first kappa shape index (κ1) is 26.0. The van der Waals surface area contributed by atoms with Gasteiger partial charge in [-0.05, 0) is 38.8 Å². The van der Waals surface area contributed by atoms with Crippen molar-refractivity contribution >= 4 is 30.7 Å². The SMILES string of the molecule is CNCC(C)C(=O)NCc1ccc(OCCN(C)C)c(OC)c1.Cl.Cl. The smallest absolute Gasteiger partial charge is 0.224 e. The summed E-state index contributed by atoms with van der Waals surface area (Å²) in [5.74, 6) is 1.37. The van der Waals surface area contributed by atoms with Crippen LogP contribution in [-0.4, -0.2) is 58.8 Å². The quantitative estimate of drug-likeness (QED) is 0.633. The molecule has 1 unspecified atom stereocenters. The Hall–Kier alpha value is -1.21. The summed E-state index contributed by atoms with van der Waals surface area (Å²) in [5.41, 5.74) is 0.979. The van der Waals surface area contributed by atoms with E-state index in [-0.39, 0.29) is 36.6 Å². The standard InChI is InChI=1S/C17H29N3O3.2ClH/c1-13(11-18-2)17(21)19-12-14-6-7-15(16(10-14)22-5)23-9-8-20(3)4;;/h6-7,10,13,18H,8-9,11-12H2,1-5H3,(H,19,21);2*1H. The van der Waals surface area contributed by atoms with Gasteiger partial charge < -0.3 is 25.0 Å². The summed E-state index contributed by atoms with van der Waals surface area (Å²) in [5, 5.41) is 5.93. The highest BCUT2D eigenvalue weighted by molar-refractivity contribution is 5.85. The van der Waals surface area contributed by atoms with E-state index in [9.17, 15) is 4.79 Å². The van der Waals surface area contributed by atoms with Crippen molar-refractivity contribution in [2.75, 3.05) is 47.9 Å². The molecule has 0 aliphatic rings. The number of ether oxygens (including phenoxy) is 2. The van der Waals surface area contributed by atoms with E-state index in [1.807, 2.05) is 46.3 Å². The number of amides is 1. The highest BCUT2D eigenvalue weighted by Crippen LogP contribution is 2.28. The lowest BCUT2D eigenvalue weighted by atomic mass is 10.1. The number of hydrogen-bond acceptors (Lipinski definition) is 5. The molecule has 0 fully saturated rings. The highest BCUT2D eigenvalue weighted by Gasteiger charge is 2.12. The molecule has 0 bridgehead atoms. The molecule has 1 atom stereocenters. The number of methoxy groups -OCH3 is 1. The van der Waals surface area contributed by atoms with Crippen LogP contribution in [0.15, 0.2) is 18.2 Å². The molecule has 0 aromatic heterocycles. The van der Waals surface area contributed by atoms with Crippen molar-refractivity contribution in [2.24, 2.45) is 5.92 Å². The van der Waals surface area contributed by atoms with E-state index in [0.717, 1.165) is 12.1 Å². The Balaban J connectivity index is 0. The van der Waals surface area contributed by atoms with E-state index in [4.69, 9.17) is 9.47 Å². The molecule has 0 saturated heterocycles. The third kappa shape index (κ3) is 9.75. The van der Waals surface area contributed by atoms with Gasteiger partial charge >= 0.3 is 0 Å². The number of carbonyl (C=O) groups is 1. The molecule has 0 aliphatic carbocycles. The predicted octanol–water partition coefficient (Wildman–Crippen LogP) is 1.95. The molecule has 25 heavy (non-hydrogen) atoms. The lowest BCUT2D eigenvalue weighted by molar-refractivity contribution is -0.124. The van der Waals surface area contributed by atoms with Crippen LogP contribution in [0.5, 0.6) is 11.5 Å². The van der Waals surface area contributed by atoms with Crippen molar-refractivity contribution in [2.45, 2.75) is 13.5 Å². The first-order chi connectivity index (χ1) is 11.0. The number of rotatable bonds is 10. The zero-order valence-corrected chi connectivity index (χ0v) is 17.3. The second kappa shape index (κ2) is 14.0. The third-order valence-electron chi connectivity index (χ3n) is 3.45. The molecule has 1 amide bonds. The average Bonchev–Trinajstić information content (AvgIpc) is 2.53. The van der Waals surface area contributed by atoms with Crippen LogP contribution in [0.2, 0.25) is 0 Å². The molecular formula is C17H31Cl2N3O3. The topological polar surface area (TPSA) is 62.8 Å². The summed E-state index contributed by atoms with van der Waals surface area (Å²) in [4.78, 5) is 14.0. The fraction of sp³-hybridized carbons (Fsp3) is 0.588. The van der Waals surface area contributed by atoms with Crippen molar-refractivity contribution in [3.05, 3.63) is 23.8 Å². The van der Waals surface area contributed by atoms with Gasteiger partial charge in [-0.1, -0.05) is 13.0 Å². The summed E-state index contributed by atoms with van der Waals surface area (Å²) >= 11 is 0. The maximum atomic E-state index is 11.9. The molecule has 1 aromatic carbocycles.